The number of hydrogen-bond acceptors (Lipinski definition) is 0. The Labute approximate surface area is 89.8 Å². The highest BCUT2D eigenvalue weighted by atomic mass is 14.2. The predicted molar refractivity (Wildman–Crippen MR) is 65.1 cm³/mol. The van der Waals surface area contributed by atoms with E-state index in [4.69, 9.17) is 0 Å². The molecule has 0 amide bonds. The van der Waals surface area contributed by atoms with E-state index < -0.39 is 0 Å². The highest BCUT2D eigenvalue weighted by Crippen LogP contribution is 2.27. The van der Waals surface area contributed by atoms with Crippen LogP contribution in [0.25, 0.3) is 0 Å². The normalized spacial score (nSPS) is 14.3. The lowest BCUT2D eigenvalue weighted by atomic mass is 9.84. The van der Waals surface area contributed by atoms with Gasteiger partial charge in [-0.2, -0.15) is 0 Å². The minimum atomic E-state index is 0.0967. The van der Waals surface area contributed by atoms with Crippen LogP contribution in [0.1, 0.15) is 55.4 Å². The number of allylic oxidation sites excluding steroid dienone is 2. The second-order valence-corrected chi connectivity index (χ2v) is 6.00. The van der Waals surface area contributed by atoms with Crippen molar-refractivity contribution in [1.82, 2.24) is 0 Å². The molecule has 14 heavy (non-hydrogen) atoms. The Balaban J connectivity index is 4.94. The lowest BCUT2D eigenvalue weighted by molar-refractivity contribution is 0.500. The molecule has 0 saturated carbocycles. The Morgan fingerprint density at radius 3 is 1.57 bits per heavy atom. The molecule has 0 bridgehead atoms. The van der Waals surface area contributed by atoms with Crippen molar-refractivity contribution in [3.05, 3.63) is 11.1 Å². The van der Waals surface area contributed by atoms with Crippen molar-refractivity contribution in [3.8, 4) is 11.8 Å². The molecule has 0 unspecified atom stereocenters. The maximum Gasteiger partial charge on any atom is 0.0233 e. The summed E-state index contributed by atoms with van der Waals surface area (Å²) < 4.78 is 0. The van der Waals surface area contributed by atoms with Gasteiger partial charge < -0.3 is 0 Å². The van der Waals surface area contributed by atoms with Gasteiger partial charge in [-0.1, -0.05) is 38.2 Å². The summed E-state index contributed by atoms with van der Waals surface area (Å²) in [6.45, 7) is 17.4. The molecular formula is C14H24. The summed E-state index contributed by atoms with van der Waals surface area (Å²) >= 11 is 0. The first-order valence-corrected chi connectivity index (χ1v) is 5.25. The van der Waals surface area contributed by atoms with Crippen LogP contribution in [0.3, 0.4) is 0 Å². The molecule has 0 aliphatic carbocycles. The summed E-state index contributed by atoms with van der Waals surface area (Å²) in [5.41, 5.74) is 2.93. The van der Waals surface area contributed by atoms with Gasteiger partial charge in [-0.15, -0.1) is 0 Å². The highest BCUT2D eigenvalue weighted by molar-refractivity contribution is 5.34. The zero-order chi connectivity index (χ0) is 11.6. The SMILES string of the molecule is CC(C#CC(C)(C)C)=C(C)C(C)(C)C. The van der Waals surface area contributed by atoms with Gasteiger partial charge in [-0.3, -0.25) is 0 Å². The molecule has 0 aromatic heterocycles. The molecule has 0 saturated heterocycles. The van der Waals surface area contributed by atoms with Crippen LogP contribution in [0.2, 0.25) is 0 Å². The van der Waals surface area contributed by atoms with Gasteiger partial charge in [0.15, 0.2) is 0 Å². The van der Waals surface area contributed by atoms with Crippen LogP contribution in [-0.4, -0.2) is 0 Å². The van der Waals surface area contributed by atoms with Crippen LogP contribution >= 0.6 is 0 Å². The van der Waals surface area contributed by atoms with E-state index in [0.29, 0.717) is 0 Å². The second kappa shape index (κ2) is 4.22. The largest absolute Gasteiger partial charge is 0.0923 e. The minimum absolute atomic E-state index is 0.0967. The van der Waals surface area contributed by atoms with Gasteiger partial charge in [0.1, 0.15) is 0 Å². The van der Waals surface area contributed by atoms with E-state index in [-0.39, 0.29) is 10.8 Å². The van der Waals surface area contributed by atoms with Crippen molar-refractivity contribution >= 4 is 0 Å². The summed E-state index contributed by atoms with van der Waals surface area (Å²) in [5, 5.41) is 0. The molecule has 0 aliphatic rings. The van der Waals surface area contributed by atoms with E-state index in [1.54, 1.807) is 0 Å². The van der Waals surface area contributed by atoms with Gasteiger partial charge in [0, 0.05) is 5.41 Å². The Bertz CT molecular complexity index is 279. The van der Waals surface area contributed by atoms with Crippen molar-refractivity contribution in [2.75, 3.05) is 0 Å². The molecule has 0 spiro atoms. The van der Waals surface area contributed by atoms with E-state index in [1.165, 1.54) is 11.1 Å². The molecule has 0 nitrogen and oxygen atoms in total. The van der Waals surface area contributed by atoms with Gasteiger partial charge in [-0.05, 0) is 45.6 Å². The van der Waals surface area contributed by atoms with Gasteiger partial charge in [0.2, 0.25) is 0 Å². The molecule has 0 heteroatoms. The van der Waals surface area contributed by atoms with E-state index in [0.717, 1.165) is 0 Å². The fourth-order valence-electron chi connectivity index (χ4n) is 0.938. The highest BCUT2D eigenvalue weighted by Gasteiger charge is 2.14. The number of rotatable bonds is 0. The van der Waals surface area contributed by atoms with Crippen LogP contribution in [0.4, 0.5) is 0 Å². The average Bonchev–Trinajstić information content (AvgIpc) is 1.95. The summed E-state index contributed by atoms with van der Waals surface area (Å²) in [6.07, 6.45) is 0. The zero-order valence-corrected chi connectivity index (χ0v) is 11.0. The molecule has 0 heterocycles. The van der Waals surface area contributed by atoms with E-state index in [1.807, 2.05) is 0 Å². The maximum absolute atomic E-state index is 3.27. The third-order valence-corrected chi connectivity index (χ3v) is 2.31. The molecule has 80 valence electrons. The van der Waals surface area contributed by atoms with Crippen molar-refractivity contribution in [3.63, 3.8) is 0 Å². The van der Waals surface area contributed by atoms with Crippen molar-refractivity contribution in [2.45, 2.75) is 55.4 Å². The minimum Gasteiger partial charge on any atom is -0.0923 e. The predicted octanol–water partition coefficient (Wildman–Crippen LogP) is 4.42. The first-order valence-electron chi connectivity index (χ1n) is 5.25. The van der Waals surface area contributed by atoms with Crippen LogP contribution in [0, 0.1) is 22.7 Å². The van der Waals surface area contributed by atoms with Crippen molar-refractivity contribution in [2.24, 2.45) is 10.8 Å². The van der Waals surface area contributed by atoms with Crippen LogP contribution in [0.5, 0.6) is 0 Å². The van der Waals surface area contributed by atoms with Crippen molar-refractivity contribution in [1.29, 1.82) is 0 Å². The smallest absolute Gasteiger partial charge is 0.0233 e. The van der Waals surface area contributed by atoms with E-state index in [9.17, 15) is 0 Å². The molecule has 0 atom stereocenters. The molecule has 0 aromatic carbocycles. The summed E-state index contributed by atoms with van der Waals surface area (Å²) in [7, 11) is 0. The molecular weight excluding hydrogens is 168 g/mol. The average molecular weight is 192 g/mol. The van der Waals surface area contributed by atoms with Gasteiger partial charge in [-0.25, -0.2) is 0 Å². The van der Waals surface area contributed by atoms with E-state index >= 15 is 0 Å². The molecule has 0 aliphatic heterocycles. The first kappa shape index (κ1) is 13.3. The Morgan fingerprint density at radius 2 is 1.29 bits per heavy atom. The molecule has 0 fully saturated rings. The summed E-state index contributed by atoms with van der Waals surface area (Å²) in [5.74, 6) is 6.53. The molecule has 0 aromatic rings. The molecule has 0 rings (SSSR count). The maximum atomic E-state index is 3.27. The monoisotopic (exact) mass is 192 g/mol. The lowest BCUT2D eigenvalue weighted by Crippen LogP contribution is -2.08. The standard InChI is InChI=1S/C14H24/c1-11(9-10-13(3,4)5)12(2)14(6,7)8/h1-8H3. The first-order chi connectivity index (χ1) is 6.04. The van der Waals surface area contributed by atoms with Crippen LogP contribution in [0.15, 0.2) is 11.1 Å². The second-order valence-electron chi connectivity index (χ2n) is 6.00. The summed E-state index contributed by atoms with van der Waals surface area (Å²) in [4.78, 5) is 0. The fraction of sp³-hybridized carbons (Fsp3) is 0.714. The van der Waals surface area contributed by atoms with Crippen LogP contribution in [-0.2, 0) is 0 Å². The molecule has 0 N–H and O–H groups in total. The van der Waals surface area contributed by atoms with Gasteiger partial charge in [0.25, 0.3) is 0 Å². The molecule has 0 radical (unpaired) electrons. The fourth-order valence-corrected chi connectivity index (χ4v) is 0.938. The quantitative estimate of drug-likeness (QED) is 0.498. The van der Waals surface area contributed by atoms with E-state index in [2.05, 4.69) is 67.2 Å². The summed E-state index contributed by atoms with van der Waals surface area (Å²) in [6, 6.07) is 0. The Hall–Kier alpha value is -0.700. The van der Waals surface area contributed by atoms with Crippen LogP contribution < -0.4 is 0 Å². The van der Waals surface area contributed by atoms with Crippen molar-refractivity contribution < 1.29 is 0 Å². The zero-order valence-electron chi connectivity index (χ0n) is 11.0. The third kappa shape index (κ3) is 5.12. The number of hydrogen-bond donors (Lipinski definition) is 0. The lowest BCUT2D eigenvalue weighted by Gasteiger charge is -2.20. The van der Waals surface area contributed by atoms with Gasteiger partial charge >= 0.3 is 0 Å². The Kier molecular flexibility index (Phi) is 4.01. The Morgan fingerprint density at radius 1 is 0.857 bits per heavy atom. The van der Waals surface area contributed by atoms with Gasteiger partial charge in [0.05, 0.1) is 0 Å². The third-order valence-electron chi connectivity index (χ3n) is 2.31. The topological polar surface area (TPSA) is 0 Å².